The predicted octanol–water partition coefficient (Wildman–Crippen LogP) is 3.59. The van der Waals surface area contributed by atoms with E-state index < -0.39 is 0 Å². The Bertz CT molecular complexity index is 537. The molecule has 6 heteroatoms. The van der Waals surface area contributed by atoms with Crippen LogP contribution < -0.4 is 5.32 Å². The van der Waals surface area contributed by atoms with Crippen LogP contribution in [0.3, 0.4) is 0 Å². The number of carbonyl (C=O) groups is 1. The minimum atomic E-state index is 0. The first kappa shape index (κ1) is 24.2. The molecule has 3 rings (SSSR count). The second-order valence-electron chi connectivity index (χ2n) is 7.71. The van der Waals surface area contributed by atoms with Crippen molar-refractivity contribution in [3.05, 3.63) is 35.9 Å². The van der Waals surface area contributed by atoms with Gasteiger partial charge in [0.15, 0.2) is 0 Å². The van der Waals surface area contributed by atoms with Gasteiger partial charge in [0.25, 0.3) is 0 Å². The van der Waals surface area contributed by atoms with Crippen molar-refractivity contribution >= 4 is 30.7 Å². The number of nitrogens with one attached hydrogen (secondary N) is 1. The molecule has 0 radical (unpaired) electrons. The van der Waals surface area contributed by atoms with E-state index in [-0.39, 0.29) is 24.8 Å². The van der Waals surface area contributed by atoms with E-state index >= 15 is 0 Å². The molecule has 2 aliphatic heterocycles. The highest BCUT2D eigenvalue weighted by Gasteiger charge is 2.26. The summed E-state index contributed by atoms with van der Waals surface area (Å²) < 4.78 is 0. The Balaban J connectivity index is 0.00000182. The summed E-state index contributed by atoms with van der Waals surface area (Å²) >= 11 is 0. The Morgan fingerprint density at radius 1 is 1.19 bits per heavy atom. The van der Waals surface area contributed by atoms with Crippen molar-refractivity contribution < 1.29 is 4.79 Å². The highest BCUT2D eigenvalue weighted by molar-refractivity contribution is 5.85. The minimum Gasteiger partial charge on any atom is -0.343 e. The molecule has 1 amide bonds. The summed E-state index contributed by atoms with van der Waals surface area (Å²) in [5, 5.41) is 3.39. The molecular weight excluding hydrogens is 381 g/mol. The van der Waals surface area contributed by atoms with Gasteiger partial charge in [-0.2, -0.15) is 0 Å². The lowest BCUT2D eigenvalue weighted by atomic mass is 10.0. The first-order valence-corrected chi connectivity index (χ1v) is 9.99. The van der Waals surface area contributed by atoms with E-state index in [2.05, 4.69) is 52.4 Å². The van der Waals surface area contributed by atoms with Crippen LogP contribution >= 0.6 is 24.8 Å². The van der Waals surface area contributed by atoms with Crippen LogP contribution in [0.2, 0.25) is 0 Å². The molecule has 0 aliphatic carbocycles. The SMILES string of the molecule is CCN(CC1CCN(Cc2ccccc2)C1)C(=O)CCC1CCNC1.Cl.Cl. The van der Waals surface area contributed by atoms with Gasteiger partial charge in [-0.25, -0.2) is 0 Å². The van der Waals surface area contributed by atoms with Crippen LogP contribution in [-0.2, 0) is 11.3 Å². The Labute approximate surface area is 176 Å². The number of rotatable bonds is 8. The van der Waals surface area contributed by atoms with Crippen molar-refractivity contribution in [3.63, 3.8) is 0 Å². The van der Waals surface area contributed by atoms with Gasteiger partial charge in [-0.3, -0.25) is 9.69 Å². The number of hydrogen-bond acceptors (Lipinski definition) is 3. The monoisotopic (exact) mass is 415 g/mol. The zero-order valence-electron chi connectivity index (χ0n) is 16.4. The van der Waals surface area contributed by atoms with Crippen molar-refractivity contribution in [1.29, 1.82) is 0 Å². The van der Waals surface area contributed by atoms with Gasteiger partial charge in [0.2, 0.25) is 5.91 Å². The maximum Gasteiger partial charge on any atom is 0.222 e. The summed E-state index contributed by atoms with van der Waals surface area (Å²) in [4.78, 5) is 17.2. The Kier molecular flexibility index (Phi) is 11.3. The topological polar surface area (TPSA) is 35.6 Å². The fourth-order valence-electron chi connectivity index (χ4n) is 4.21. The fraction of sp³-hybridized carbons (Fsp3) is 0.667. The third kappa shape index (κ3) is 7.61. The molecule has 1 aromatic rings. The average molecular weight is 416 g/mol. The number of likely N-dealkylation sites (tertiary alicyclic amines) is 1. The van der Waals surface area contributed by atoms with Gasteiger partial charge in [-0.05, 0) is 63.2 Å². The molecule has 0 spiro atoms. The fourth-order valence-corrected chi connectivity index (χ4v) is 4.21. The smallest absolute Gasteiger partial charge is 0.222 e. The zero-order valence-corrected chi connectivity index (χ0v) is 18.1. The lowest BCUT2D eigenvalue weighted by molar-refractivity contribution is -0.131. The van der Waals surface area contributed by atoms with Crippen LogP contribution in [0.1, 0.15) is 38.2 Å². The summed E-state index contributed by atoms with van der Waals surface area (Å²) in [6, 6.07) is 10.7. The molecule has 0 aromatic heterocycles. The van der Waals surface area contributed by atoms with Gasteiger partial charge in [0.1, 0.15) is 0 Å². The van der Waals surface area contributed by atoms with Gasteiger partial charge in [0.05, 0.1) is 0 Å². The quantitative estimate of drug-likeness (QED) is 0.704. The van der Waals surface area contributed by atoms with Gasteiger partial charge < -0.3 is 10.2 Å². The summed E-state index contributed by atoms with van der Waals surface area (Å²) in [6.07, 6.45) is 4.22. The van der Waals surface area contributed by atoms with E-state index in [0.717, 1.165) is 58.7 Å². The molecule has 4 nitrogen and oxygen atoms in total. The molecule has 1 aromatic carbocycles. The molecule has 2 heterocycles. The van der Waals surface area contributed by atoms with Gasteiger partial charge in [0, 0.05) is 32.6 Å². The highest BCUT2D eigenvalue weighted by atomic mass is 35.5. The molecule has 2 unspecified atom stereocenters. The van der Waals surface area contributed by atoms with E-state index in [0.29, 0.717) is 17.7 Å². The van der Waals surface area contributed by atoms with Crippen LogP contribution in [-0.4, -0.2) is 55.0 Å². The molecule has 154 valence electrons. The molecule has 0 saturated carbocycles. The largest absolute Gasteiger partial charge is 0.343 e. The normalized spacial score (nSPS) is 22.1. The molecule has 27 heavy (non-hydrogen) atoms. The Morgan fingerprint density at radius 2 is 1.96 bits per heavy atom. The predicted molar refractivity (Wildman–Crippen MR) is 117 cm³/mol. The third-order valence-electron chi connectivity index (χ3n) is 5.76. The highest BCUT2D eigenvalue weighted by Crippen LogP contribution is 2.21. The van der Waals surface area contributed by atoms with E-state index in [1.807, 2.05) is 0 Å². The molecule has 1 N–H and O–H groups in total. The number of halogens is 2. The van der Waals surface area contributed by atoms with E-state index in [1.54, 1.807) is 0 Å². The molecule has 2 atom stereocenters. The maximum absolute atomic E-state index is 12.6. The van der Waals surface area contributed by atoms with E-state index in [9.17, 15) is 4.79 Å². The summed E-state index contributed by atoms with van der Waals surface area (Å²) in [5.41, 5.74) is 1.39. The first-order chi connectivity index (χ1) is 12.2. The maximum atomic E-state index is 12.6. The third-order valence-corrected chi connectivity index (χ3v) is 5.76. The molecule has 0 bridgehead atoms. The van der Waals surface area contributed by atoms with Crippen LogP contribution in [0.15, 0.2) is 30.3 Å². The van der Waals surface area contributed by atoms with E-state index in [1.165, 1.54) is 18.4 Å². The first-order valence-electron chi connectivity index (χ1n) is 9.99. The van der Waals surface area contributed by atoms with Crippen LogP contribution in [0, 0.1) is 11.8 Å². The van der Waals surface area contributed by atoms with E-state index in [4.69, 9.17) is 0 Å². The van der Waals surface area contributed by atoms with Gasteiger partial charge in [-0.1, -0.05) is 30.3 Å². The molecular formula is C21H35Cl2N3O. The number of benzene rings is 1. The lowest BCUT2D eigenvalue weighted by Crippen LogP contribution is -2.36. The lowest BCUT2D eigenvalue weighted by Gasteiger charge is -2.25. The number of nitrogens with zero attached hydrogens (tertiary/aromatic N) is 2. The van der Waals surface area contributed by atoms with Crippen molar-refractivity contribution in [1.82, 2.24) is 15.1 Å². The number of hydrogen-bond donors (Lipinski definition) is 1. The second-order valence-corrected chi connectivity index (χ2v) is 7.71. The standard InChI is InChI=1S/C21H33N3O.2ClH/c1-2-24(21(25)9-8-18-10-12-22-14-18)17-20-11-13-23(16-20)15-19-6-4-3-5-7-19;;/h3-7,18,20,22H,2,8-17H2,1H3;2*1H. The minimum absolute atomic E-state index is 0. The Hall–Kier alpha value is -0.810. The Morgan fingerprint density at radius 3 is 2.63 bits per heavy atom. The average Bonchev–Trinajstić information content (AvgIpc) is 3.30. The van der Waals surface area contributed by atoms with Crippen molar-refractivity contribution in [2.75, 3.05) is 39.3 Å². The van der Waals surface area contributed by atoms with Crippen molar-refractivity contribution in [2.24, 2.45) is 11.8 Å². The number of carbonyl (C=O) groups excluding carboxylic acids is 1. The summed E-state index contributed by atoms with van der Waals surface area (Å²) in [6.45, 7) is 9.41. The van der Waals surface area contributed by atoms with Crippen molar-refractivity contribution in [2.45, 2.75) is 39.2 Å². The summed E-state index contributed by atoms with van der Waals surface area (Å²) in [5.74, 6) is 1.69. The van der Waals surface area contributed by atoms with Crippen LogP contribution in [0.25, 0.3) is 0 Å². The van der Waals surface area contributed by atoms with Crippen LogP contribution in [0.5, 0.6) is 0 Å². The molecule has 2 fully saturated rings. The van der Waals surface area contributed by atoms with Crippen LogP contribution in [0.4, 0.5) is 0 Å². The zero-order chi connectivity index (χ0) is 17.5. The van der Waals surface area contributed by atoms with Gasteiger partial charge in [-0.15, -0.1) is 24.8 Å². The van der Waals surface area contributed by atoms with Crippen molar-refractivity contribution in [3.8, 4) is 0 Å². The molecule has 2 saturated heterocycles. The number of amides is 1. The van der Waals surface area contributed by atoms with Gasteiger partial charge >= 0.3 is 0 Å². The summed E-state index contributed by atoms with van der Waals surface area (Å²) in [7, 11) is 0. The molecule has 2 aliphatic rings. The second kappa shape index (κ2) is 12.6.